The van der Waals surface area contributed by atoms with Crippen molar-refractivity contribution in [2.45, 2.75) is 24.9 Å². The number of hydrogen-bond acceptors (Lipinski definition) is 5. The first-order valence-corrected chi connectivity index (χ1v) is 3.85. The molecule has 0 aromatic heterocycles. The molecular weight excluding hydrogens is 170 g/mol. The molecule has 0 aromatic rings. The lowest BCUT2D eigenvalue weighted by molar-refractivity contribution is 0.544. The number of nitriles is 1. The van der Waals surface area contributed by atoms with Crippen molar-refractivity contribution in [2.24, 2.45) is 15.9 Å². The van der Waals surface area contributed by atoms with E-state index in [4.69, 9.17) is 5.26 Å². The van der Waals surface area contributed by atoms with Gasteiger partial charge >= 0.3 is 0 Å². The van der Waals surface area contributed by atoms with Gasteiger partial charge in [0.05, 0.1) is 24.1 Å². The molecule has 1 aliphatic carbocycles. The third-order valence-corrected chi connectivity index (χ3v) is 2.12. The minimum atomic E-state index is -0.357. The van der Waals surface area contributed by atoms with Crippen molar-refractivity contribution in [1.82, 2.24) is 0 Å². The molecule has 0 aliphatic heterocycles. The summed E-state index contributed by atoms with van der Waals surface area (Å²) in [7, 11) is 0. The normalized spacial score (nSPS) is 31.2. The topological polar surface area (TPSA) is 82.7 Å². The van der Waals surface area contributed by atoms with Gasteiger partial charge in [-0.15, -0.1) is 0 Å². The monoisotopic (exact) mass is 177 g/mol. The predicted molar refractivity (Wildman–Crippen MR) is 42.2 cm³/mol. The molecule has 1 rings (SSSR count). The van der Waals surface area contributed by atoms with Crippen molar-refractivity contribution in [1.29, 1.82) is 5.26 Å². The SMILES string of the molecule is N#CC1CC(N=C=O)CC1N=C=O. The highest BCUT2D eigenvalue weighted by Gasteiger charge is 2.34. The first-order chi connectivity index (χ1) is 6.31. The van der Waals surface area contributed by atoms with Gasteiger partial charge in [-0.05, 0) is 12.8 Å². The summed E-state index contributed by atoms with van der Waals surface area (Å²) in [5, 5.41) is 8.67. The minimum Gasteiger partial charge on any atom is -0.211 e. The van der Waals surface area contributed by atoms with E-state index in [9.17, 15) is 9.59 Å². The highest BCUT2D eigenvalue weighted by Crippen LogP contribution is 2.29. The van der Waals surface area contributed by atoms with Crippen molar-refractivity contribution in [3.05, 3.63) is 0 Å². The molecule has 0 aromatic carbocycles. The van der Waals surface area contributed by atoms with Crippen molar-refractivity contribution >= 4 is 12.2 Å². The third kappa shape index (κ3) is 2.09. The largest absolute Gasteiger partial charge is 0.235 e. The average molecular weight is 177 g/mol. The van der Waals surface area contributed by atoms with Crippen LogP contribution in [0.15, 0.2) is 9.98 Å². The van der Waals surface area contributed by atoms with E-state index in [-0.39, 0.29) is 18.0 Å². The molecular formula is C8H7N3O2. The predicted octanol–water partition coefficient (Wildman–Crippen LogP) is 0.329. The van der Waals surface area contributed by atoms with E-state index < -0.39 is 0 Å². The van der Waals surface area contributed by atoms with Gasteiger partial charge in [-0.1, -0.05) is 0 Å². The van der Waals surface area contributed by atoms with Crippen LogP contribution in [0.2, 0.25) is 0 Å². The molecule has 0 bridgehead atoms. The Kier molecular flexibility index (Phi) is 3.10. The molecule has 0 heterocycles. The quantitative estimate of drug-likeness (QED) is 0.450. The summed E-state index contributed by atoms with van der Waals surface area (Å²) < 4.78 is 0. The van der Waals surface area contributed by atoms with Crippen LogP contribution in [0.4, 0.5) is 0 Å². The summed E-state index contributed by atoms with van der Waals surface area (Å²) in [5.74, 6) is -0.330. The van der Waals surface area contributed by atoms with E-state index >= 15 is 0 Å². The van der Waals surface area contributed by atoms with Gasteiger partial charge < -0.3 is 0 Å². The third-order valence-electron chi connectivity index (χ3n) is 2.12. The maximum Gasteiger partial charge on any atom is 0.235 e. The van der Waals surface area contributed by atoms with Gasteiger partial charge in [0.15, 0.2) is 0 Å². The molecule has 1 saturated carbocycles. The zero-order valence-corrected chi connectivity index (χ0v) is 6.80. The first-order valence-electron chi connectivity index (χ1n) is 3.85. The molecule has 5 heteroatoms. The van der Waals surface area contributed by atoms with E-state index in [1.807, 2.05) is 6.07 Å². The summed E-state index contributed by atoms with van der Waals surface area (Å²) in [5.41, 5.74) is 0. The lowest BCUT2D eigenvalue weighted by atomic mass is 10.1. The second-order valence-electron chi connectivity index (χ2n) is 2.87. The van der Waals surface area contributed by atoms with Gasteiger partial charge in [-0.25, -0.2) is 19.6 Å². The Morgan fingerprint density at radius 1 is 1.15 bits per heavy atom. The lowest BCUT2D eigenvalue weighted by Gasteiger charge is -2.01. The Morgan fingerprint density at radius 3 is 2.38 bits per heavy atom. The van der Waals surface area contributed by atoms with E-state index in [0.717, 1.165) is 0 Å². The van der Waals surface area contributed by atoms with Crippen LogP contribution in [0.1, 0.15) is 12.8 Å². The number of isocyanates is 2. The number of hydrogen-bond donors (Lipinski definition) is 0. The zero-order chi connectivity index (χ0) is 9.68. The highest BCUT2D eigenvalue weighted by molar-refractivity contribution is 5.36. The van der Waals surface area contributed by atoms with Crippen LogP contribution in [-0.2, 0) is 9.59 Å². The maximum atomic E-state index is 9.98. The van der Waals surface area contributed by atoms with Crippen LogP contribution >= 0.6 is 0 Å². The Labute approximate surface area is 74.8 Å². The van der Waals surface area contributed by atoms with Crippen LogP contribution in [0.25, 0.3) is 0 Å². The van der Waals surface area contributed by atoms with E-state index in [2.05, 4.69) is 9.98 Å². The standard InChI is InChI=1S/C8H7N3O2/c9-3-6-1-7(10-4-12)2-8(6)11-5-13/h6-8H,1-2H2. The molecule has 3 atom stereocenters. The molecule has 0 saturated heterocycles. The summed E-state index contributed by atoms with van der Waals surface area (Å²) in [6.07, 6.45) is 3.80. The summed E-state index contributed by atoms with van der Waals surface area (Å²) in [4.78, 5) is 26.9. The molecule has 1 aliphatic rings. The van der Waals surface area contributed by atoms with Gasteiger partial charge in [0, 0.05) is 0 Å². The van der Waals surface area contributed by atoms with Crippen molar-refractivity contribution in [3.63, 3.8) is 0 Å². The summed E-state index contributed by atoms with van der Waals surface area (Å²) in [6, 6.07) is 1.45. The number of carbonyl (C=O) groups excluding carboxylic acids is 2. The first kappa shape index (κ1) is 9.34. The molecule has 0 radical (unpaired) electrons. The molecule has 13 heavy (non-hydrogen) atoms. The number of aliphatic imine (C=N–C) groups is 2. The van der Waals surface area contributed by atoms with Crippen molar-refractivity contribution in [3.8, 4) is 6.07 Å². The van der Waals surface area contributed by atoms with E-state index in [1.165, 1.54) is 12.2 Å². The smallest absolute Gasteiger partial charge is 0.211 e. The van der Waals surface area contributed by atoms with E-state index in [1.54, 1.807) is 0 Å². The molecule has 0 N–H and O–H groups in total. The second kappa shape index (κ2) is 4.32. The van der Waals surface area contributed by atoms with Gasteiger partial charge in [0.1, 0.15) is 0 Å². The Balaban J connectivity index is 2.72. The van der Waals surface area contributed by atoms with Crippen molar-refractivity contribution < 1.29 is 9.59 Å². The van der Waals surface area contributed by atoms with Gasteiger partial charge in [0.25, 0.3) is 0 Å². The molecule has 1 fully saturated rings. The Bertz CT molecular complexity index is 321. The molecule has 0 amide bonds. The van der Waals surface area contributed by atoms with Crippen LogP contribution in [0, 0.1) is 17.2 Å². The highest BCUT2D eigenvalue weighted by atomic mass is 16.1. The fourth-order valence-corrected chi connectivity index (χ4v) is 1.52. The minimum absolute atomic E-state index is 0.218. The second-order valence-corrected chi connectivity index (χ2v) is 2.87. The fourth-order valence-electron chi connectivity index (χ4n) is 1.52. The zero-order valence-electron chi connectivity index (χ0n) is 6.80. The lowest BCUT2D eigenvalue weighted by Crippen LogP contribution is -2.08. The average Bonchev–Trinajstić information content (AvgIpc) is 2.49. The van der Waals surface area contributed by atoms with Gasteiger partial charge in [-0.3, -0.25) is 0 Å². The maximum absolute atomic E-state index is 9.98. The Hall–Kier alpha value is -1.75. The van der Waals surface area contributed by atoms with Gasteiger partial charge in [-0.2, -0.15) is 5.26 Å². The molecule has 66 valence electrons. The van der Waals surface area contributed by atoms with E-state index in [0.29, 0.717) is 12.8 Å². The fraction of sp³-hybridized carbons (Fsp3) is 0.625. The number of rotatable bonds is 2. The summed E-state index contributed by atoms with van der Waals surface area (Å²) >= 11 is 0. The summed E-state index contributed by atoms with van der Waals surface area (Å²) in [6.45, 7) is 0. The van der Waals surface area contributed by atoms with Crippen LogP contribution in [0.5, 0.6) is 0 Å². The molecule has 0 spiro atoms. The van der Waals surface area contributed by atoms with Crippen molar-refractivity contribution in [2.75, 3.05) is 0 Å². The van der Waals surface area contributed by atoms with Crippen LogP contribution < -0.4 is 0 Å². The molecule has 3 unspecified atom stereocenters. The molecule has 5 nitrogen and oxygen atoms in total. The van der Waals surface area contributed by atoms with Gasteiger partial charge in [0.2, 0.25) is 12.2 Å². The number of nitrogens with zero attached hydrogens (tertiary/aromatic N) is 3. The van der Waals surface area contributed by atoms with Crippen LogP contribution in [-0.4, -0.2) is 24.2 Å². The van der Waals surface area contributed by atoms with Crippen LogP contribution in [0.3, 0.4) is 0 Å². The Morgan fingerprint density at radius 2 is 1.85 bits per heavy atom.